The van der Waals surface area contributed by atoms with Crippen molar-refractivity contribution >= 4 is 21.9 Å². The van der Waals surface area contributed by atoms with Crippen molar-refractivity contribution in [2.45, 2.75) is 39.2 Å². The van der Waals surface area contributed by atoms with Crippen LogP contribution in [0.25, 0.3) is 0 Å². The number of halogens is 1. The normalized spacial score (nSPS) is 30.1. The molecular formula is C12H18BrN3. The van der Waals surface area contributed by atoms with Crippen LogP contribution < -0.4 is 5.32 Å². The van der Waals surface area contributed by atoms with Crippen LogP contribution in [0, 0.1) is 11.8 Å². The molecule has 1 saturated carbocycles. The van der Waals surface area contributed by atoms with Gasteiger partial charge in [0.25, 0.3) is 0 Å². The average molecular weight is 284 g/mol. The Morgan fingerprint density at radius 2 is 1.75 bits per heavy atom. The highest BCUT2D eigenvalue weighted by atomic mass is 79.9. The lowest BCUT2D eigenvalue weighted by Gasteiger charge is -2.35. The first kappa shape index (κ1) is 11.8. The summed E-state index contributed by atoms with van der Waals surface area (Å²) in [6.07, 6.45) is 7.53. The summed E-state index contributed by atoms with van der Waals surface area (Å²) >= 11 is 3.34. The lowest BCUT2D eigenvalue weighted by atomic mass is 9.79. The van der Waals surface area contributed by atoms with E-state index in [2.05, 4.69) is 45.1 Å². The quantitative estimate of drug-likeness (QED) is 0.903. The van der Waals surface area contributed by atoms with Gasteiger partial charge in [0, 0.05) is 18.4 Å². The van der Waals surface area contributed by atoms with E-state index in [0.717, 1.165) is 10.4 Å². The van der Waals surface area contributed by atoms with Crippen LogP contribution in [0.3, 0.4) is 0 Å². The number of aromatic nitrogens is 2. The highest BCUT2D eigenvalue weighted by Gasteiger charge is 2.27. The van der Waals surface area contributed by atoms with Gasteiger partial charge < -0.3 is 5.32 Å². The SMILES string of the molecule is C[C@@H]1CCC[C@H](C)C1Nc1ncc(Br)cn1. The predicted molar refractivity (Wildman–Crippen MR) is 69.3 cm³/mol. The number of nitrogens with one attached hydrogen (secondary N) is 1. The Labute approximate surface area is 105 Å². The Kier molecular flexibility index (Phi) is 3.79. The van der Waals surface area contributed by atoms with Gasteiger partial charge in [-0.15, -0.1) is 0 Å². The monoisotopic (exact) mass is 283 g/mol. The van der Waals surface area contributed by atoms with Gasteiger partial charge in [0.1, 0.15) is 0 Å². The summed E-state index contributed by atoms with van der Waals surface area (Å²) in [4.78, 5) is 8.54. The van der Waals surface area contributed by atoms with Gasteiger partial charge in [0.15, 0.2) is 0 Å². The van der Waals surface area contributed by atoms with Gasteiger partial charge in [-0.25, -0.2) is 9.97 Å². The topological polar surface area (TPSA) is 37.8 Å². The second kappa shape index (κ2) is 5.13. The maximum absolute atomic E-state index is 4.27. The summed E-state index contributed by atoms with van der Waals surface area (Å²) in [5, 5.41) is 3.46. The molecule has 4 heteroatoms. The van der Waals surface area contributed by atoms with Crippen molar-refractivity contribution in [2.24, 2.45) is 11.8 Å². The minimum absolute atomic E-state index is 0.509. The van der Waals surface area contributed by atoms with Crippen LogP contribution >= 0.6 is 15.9 Å². The van der Waals surface area contributed by atoms with Crippen molar-refractivity contribution in [3.8, 4) is 0 Å². The summed E-state index contributed by atoms with van der Waals surface area (Å²) in [6, 6.07) is 0.509. The number of hydrogen-bond acceptors (Lipinski definition) is 3. The summed E-state index contributed by atoms with van der Waals surface area (Å²) < 4.78 is 0.919. The van der Waals surface area contributed by atoms with Gasteiger partial charge in [0.2, 0.25) is 5.95 Å². The molecule has 1 aromatic heterocycles. The fourth-order valence-corrected chi connectivity index (χ4v) is 2.71. The van der Waals surface area contributed by atoms with Crippen molar-refractivity contribution in [3.05, 3.63) is 16.9 Å². The van der Waals surface area contributed by atoms with Gasteiger partial charge in [-0.1, -0.05) is 20.3 Å². The second-order valence-electron chi connectivity index (χ2n) is 4.78. The van der Waals surface area contributed by atoms with Gasteiger partial charge in [-0.3, -0.25) is 0 Å². The maximum atomic E-state index is 4.27. The molecule has 0 amide bonds. The first-order valence-corrected chi connectivity index (χ1v) is 6.70. The molecule has 3 nitrogen and oxygen atoms in total. The van der Waals surface area contributed by atoms with E-state index in [-0.39, 0.29) is 0 Å². The number of nitrogens with zero attached hydrogens (tertiary/aromatic N) is 2. The predicted octanol–water partition coefficient (Wildman–Crippen LogP) is 3.48. The zero-order chi connectivity index (χ0) is 11.5. The van der Waals surface area contributed by atoms with Crippen LogP contribution in [0.2, 0.25) is 0 Å². The molecule has 1 aliphatic carbocycles. The number of anilines is 1. The summed E-state index contributed by atoms with van der Waals surface area (Å²) in [5.74, 6) is 2.15. The largest absolute Gasteiger partial charge is 0.351 e. The fourth-order valence-electron chi connectivity index (χ4n) is 2.50. The second-order valence-corrected chi connectivity index (χ2v) is 5.70. The van der Waals surface area contributed by atoms with Crippen LogP contribution in [0.4, 0.5) is 5.95 Å². The van der Waals surface area contributed by atoms with E-state index in [1.807, 2.05) is 0 Å². The molecule has 2 rings (SSSR count). The van der Waals surface area contributed by atoms with E-state index >= 15 is 0 Å². The van der Waals surface area contributed by atoms with Crippen molar-refractivity contribution in [1.29, 1.82) is 0 Å². The number of hydrogen-bond donors (Lipinski definition) is 1. The van der Waals surface area contributed by atoms with E-state index in [1.165, 1.54) is 19.3 Å². The molecule has 3 atom stereocenters. The van der Waals surface area contributed by atoms with E-state index in [1.54, 1.807) is 12.4 Å². The summed E-state index contributed by atoms with van der Waals surface area (Å²) in [7, 11) is 0. The van der Waals surface area contributed by atoms with Gasteiger partial charge in [-0.05, 0) is 40.6 Å². The molecule has 1 N–H and O–H groups in total. The molecule has 88 valence electrons. The maximum Gasteiger partial charge on any atom is 0.222 e. The van der Waals surface area contributed by atoms with E-state index in [4.69, 9.17) is 0 Å². The number of rotatable bonds is 2. The zero-order valence-corrected chi connectivity index (χ0v) is 11.4. The van der Waals surface area contributed by atoms with Crippen LogP contribution in [-0.4, -0.2) is 16.0 Å². The van der Waals surface area contributed by atoms with Crippen molar-refractivity contribution < 1.29 is 0 Å². The van der Waals surface area contributed by atoms with Crippen LogP contribution in [0.15, 0.2) is 16.9 Å². The molecule has 1 heterocycles. The van der Waals surface area contributed by atoms with Crippen LogP contribution in [0.1, 0.15) is 33.1 Å². The van der Waals surface area contributed by atoms with Gasteiger partial charge in [0.05, 0.1) is 4.47 Å². The van der Waals surface area contributed by atoms with E-state index in [0.29, 0.717) is 17.9 Å². The van der Waals surface area contributed by atoms with E-state index in [9.17, 15) is 0 Å². The third-order valence-corrected chi connectivity index (χ3v) is 3.87. The lowest BCUT2D eigenvalue weighted by Crippen LogP contribution is -2.37. The molecule has 0 saturated heterocycles. The van der Waals surface area contributed by atoms with Crippen molar-refractivity contribution in [2.75, 3.05) is 5.32 Å². The zero-order valence-electron chi connectivity index (χ0n) is 9.78. The van der Waals surface area contributed by atoms with Crippen LogP contribution in [-0.2, 0) is 0 Å². The molecule has 0 spiro atoms. The minimum atomic E-state index is 0.509. The van der Waals surface area contributed by atoms with Gasteiger partial charge in [-0.2, -0.15) is 0 Å². The van der Waals surface area contributed by atoms with E-state index < -0.39 is 0 Å². The molecule has 1 aliphatic rings. The highest BCUT2D eigenvalue weighted by Crippen LogP contribution is 2.30. The summed E-state index contributed by atoms with van der Waals surface area (Å²) in [5.41, 5.74) is 0. The molecule has 0 aliphatic heterocycles. The molecular weight excluding hydrogens is 266 g/mol. The van der Waals surface area contributed by atoms with Crippen molar-refractivity contribution in [1.82, 2.24) is 9.97 Å². The highest BCUT2D eigenvalue weighted by molar-refractivity contribution is 9.10. The first-order valence-electron chi connectivity index (χ1n) is 5.91. The Morgan fingerprint density at radius 1 is 1.19 bits per heavy atom. The molecule has 0 radical (unpaired) electrons. The fraction of sp³-hybridized carbons (Fsp3) is 0.667. The summed E-state index contributed by atoms with van der Waals surface area (Å²) in [6.45, 7) is 4.62. The molecule has 16 heavy (non-hydrogen) atoms. The first-order chi connectivity index (χ1) is 7.66. The average Bonchev–Trinajstić information content (AvgIpc) is 2.26. The molecule has 0 bridgehead atoms. The molecule has 1 fully saturated rings. The standard InChI is InChI=1S/C12H18BrN3/c1-8-4-3-5-9(2)11(8)16-12-14-6-10(13)7-15-12/h6-9,11H,3-5H2,1-2H3,(H,14,15,16)/t8-,9+,11?. The van der Waals surface area contributed by atoms with Crippen molar-refractivity contribution in [3.63, 3.8) is 0 Å². The minimum Gasteiger partial charge on any atom is -0.351 e. The molecule has 0 aromatic carbocycles. The Hall–Kier alpha value is -0.640. The Morgan fingerprint density at radius 3 is 2.31 bits per heavy atom. The van der Waals surface area contributed by atoms with Gasteiger partial charge >= 0.3 is 0 Å². The Bertz CT molecular complexity index is 329. The Balaban J connectivity index is 2.04. The third kappa shape index (κ3) is 2.73. The van der Waals surface area contributed by atoms with Crippen LogP contribution in [0.5, 0.6) is 0 Å². The third-order valence-electron chi connectivity index (χ3n) is 3.46. The lowest BCUT2D eigenvalue weighted by molar-refractivity contribution is 0.267. The smallest absolute Gasteiger partial charge is 0.222 e. The molecule has 1 unspecified atom stereocenters. The molecule has 1 aromatic rings.